The highest BCUT2D eigenvalue weighted by atomic mass is 32.1. The van der Waals surface area contributed by atoms with E-state index in [1.807, 2.05) is 11.6 Å². The van der Waals surface area contributed by atoms with Crippen LogP contribution in [-0.2, 0) is 4.74 Å². The summed E-state index contributed by atoms with van der Waals surface area (Å²) in [5.74, 6) is 0.702. The maximum absolute atomic E-state index is 11.5. The number of methoxy groups -OCH3 is 1. The lowest BCUT2D eigenvalue weighted by Gasteiger charge is -2.12. The van der Waals surface area contributed by atoms with Gasteiger partial charge in [0.1, 0.15) is 5.82 Å². The number of nitrogens with zero attached hydrogens (tertiary/aromatic N) is 2. The van der Waals surface area contributed by atoms with Gasteiger partial charge in [-0.2, -0.15) is 0 Å². The zero-order valence-electron chi connectivity index (χ0n) is 11.7. The summed E-state index contributed by atoms with van der Waals surface area (Å²) in [7, 11) is 1.36. The molecule has 2 aromatic heterocycles. The molecule has 0 aliphatic heterocycles. The zero-order valence-corrected chi connectivity index (χ0v) is 12.5. The highest BCUT2D eigenvalue weighted by molar-refractivity contribution is 7.09. The summed E-state index contributed by atoms with van der Waals surface area (Å²) in [6.45, 7) is 4.65. The van der Waals surface area contributed by atoms with Crippen molar-refractivity contribution < 1.29 is 9.53 Å². The molecule has 0 bridgehead atoms. The molecule has 0 aromatic carbocycles. The molecule has 1 unspecified atom stereocenters. The number of pyridine rings is 1. The second kappa shape index (κ2) is 6.47. The van der Waals surface area contributed by atoms with Crippen LogP contribution in [0.15, 0.2) is 23.7 Å². The van der Waals surface area contributed by atoms with E-state index in [0.29, 0.717) is 17.2 Å². The van der Waals surface area contributed by atoms with Crippen LogP contribution >= 0.6 is 11.3 Å². The molecule has 20 heavy (non-hydrogen) atoms. The standard InChI is InChI=1S/C14H17N3O2S/c1-9(13-15-6-7-20-13)8-16-12-5-4-11(10(2)17-12)14(18)19-3/h4-7,9H,8H2,1-3H3,(H,16,17). The van der Waals surface area contributed by atoms with Gasteiger partial charge in [-0.15, -0.1) is 11.3 Å². The fraction of sp³-hybridized carbons (Fsp3) is 0.357. The van der Waals surface area contributed by atoms with E-state index in [9.17, 15) is 4.79 Å². The van der Waals surface area contributed by atoms with Gasteiger partial charge in [-0.25, -0.2) is 14.8 Å². The van der Waals surface area contributed by atoms with E-state index in [2.05, 4.69) is 22.2 Å². The first kappa shape index (κ1) is 14.5. The number of rotatable bonds is 5. The number of thiazole rings is 1. The second-order valence-electron chi connectivity index (χ2n) is 4.47. The van der Waals surface area contributed by atoms with E-state index in [4.69, 9.17) is 4.74 Å². The van der Waals surface area contributed by atoms with Crippen molar-refractivity contribution in [1.82, 2.24) is 9.97 Å². The second-order valence-corrected chi connectivity index (χ2v) is 5.40. The van der Waals surface area contributed by atoms with Crippen LogP contribution in [-0.4, -0.2) is 29.6 Å². The number of esters is 1. The van der Waals surface area contributed by atoms with Crippen molar-refractivity contribution in [3.05, 3.63) is 40.0 Å². The predicted molar refractivity (Wildman–Crippen MR) is 79.3 cm³/mol. The Balaban J connectivity index is 2.00. The molecule has 0 saturated heterocycles. The van der Waals surface area contributed by atoms with Crippen LogP contribution < -0.4 is 5.32 Å². The summed E-state index contributed by atoms with van der Waals surface area (Å²) in [6, 6.07) is 3.51. The fourth-order valence-corrected chi connectivity index (χ4v) is 2.51. The number of nitrogens with one attached hydrogen (secondary N) is 1. The Morgan fingerprint density at radius 3 is 2.90 bits per heavy atom. The summed E-state index contributed by atoms with van der Waals surface area (Å²) < 4.78 is 4.70. The van der Waals surface area contributed by atoms with Gasteiger partial charge < -0.3 is 10.1 Å². The van der Waals surface area contributed by atoms with E-state index >= 15 is 0 Å². The molecule has 0 aliphatic carbocycles. The van der Waals surface area contributed by atoms with Crippen molar-refractivity contribution in [2.24, 2.45) is 0 Å². The molecule has 0 radical (unpaired) electrons. The average molecular weight is 291 g/mol. The van der Waals surface area contributed by atoms with Crippen LogP contribution in [0, 0.1) is 6.92 Å². The summed E-state index contributed by atoms with van der Waals surface area (Å²) in [5, 5.41) is 6.33. The van der Waals surface area contributed by atoms with Gasteiger partial charge in [0.15, 0.2) is 0 Å². The SMILES string of the molecule is COC(=O)c1ccc(NCC(C)c2nccs2)nc1C. The predicted octanol–water partition coefficient (Wildman–Crippen LogP) is 2.85. The van der Waals surface area contributed by atoms with Crippen LogP contribution in [0.2, 0.25) is 0 Å². The molecular weight excluding hydrogens is 274 g/mol. The Kier molecular flexibility index (Phi) is 4.68. The maximum Gasteiger partial charge on any atom is 0.339 e. The van der Waals surface area contributed by atoms with Gasteiger partial charge >= 0.3 is 5.97 Å². The molecule has 6 heteroatoms. The molecule has 5 nitrogen and oxygen atoms in total. The van der Waals surface area contributed by atoms with Gasteiger partial charge in [0, 0.05) is 24.0 Å². The first-order chi connectivity index (χ1) is 9.61. The molecule has 2 heterocycles. The van der Waals surface area contributed by atoms with E-state index in [1.54, 1.807) is 30.4 Å². The molecule has 0 spiro atoms. The van der Waals surface area contributed by atoms with Crippen LogP contribution in [0.3, 0.4) is 0 Å². The normalized spacial score (nSPS) is 11.9. The minimum atomic E-state index is -0.363. The molecule has 0 amide bonds. The molecule has 0 aliphatic rings. The van der Waals surface area contributed by atoms with Crippen LogP contribution in [0.25, 0.3) is 0 Å². The summed E-state index contributed by atoms with van der Waals surface area (Å²) >= 11 is 1.65. The average Bonchev–Trinajstić information content (AvgIpc) is 2.98. The summed E-state index contributed by atoms with van der Waals surface area (Å²) in [4.78, 5) is 20.1. The maximum atomic E-state index is 11.5. The Labute approximate surface area is 122 Å². The van der Waals surface area contributed by atoms with E-state index in [1.165, 1.54) is 7.11 Å². The molecule has 0 fully saturated rings. The zero-order chi connectivity index (χ0) is 14.5. The van der Waals surface area contributed by atoms with Gasteiger partial charge in [0.2, 0.25) is 0 Å². The number of anilines is 1. The largest absolute Gasteiger partial charge is 0.465 e. The first-order valence-corrected chi connectivity index (χ1v) is 7.19. The third-order valence-corrected chi connectivity index (χ3v) is 3.96. The van der Waals surface area contributed by atoms with Crippen LogP contribution in [0.4, 0.5) is 5.82 Å². The van der Waals surface area contributed by atoms with Gasteiger partial charge in [0.05, 0.1) is 23.4 Å². The van der Waals surface area contributed by atoms with Gasteiger partial charge in [-0.3, -0.25) is 0 Å². The molecule has 1 N–H and O–H groups in total. The summed E-state index contributed by atoms with van der Waals surface area (Å²) in [6.07, 6.45) is 1.81. The molecular formula is C14H17N3O2S. The highest BCUT2D eigenvalue weighted by Crippen LogP contribution is 2.18. The van der Waals surface area contributed by atoms with E-state index < -0.39 is 0 Å². The van der Waals surface area contributed by atoms with Crippen LogP contribution in [0.5, 0.6) is 0 Å². The summed E-state index contributed by atoms with van der Waals surface area (Å²) in [5.41, 5.74) is 1.15. The molecule has 106 valence electrons. The van der Waals surface area contributed by atoms with Crippen molar-refractivity contribution in [3.8, 4) is 0 Å². The van der Waals surface area contributed by atoms with Crippen LogP contribution in [0.1, 0.15) is 33.9 Å². The number of ether oxygens (including phenoxy) is 1. The quantitative estimate of drug-likeness (QED) is 0.858. The lowest BCUT2D eigenvalue weighted by molar-refractivity contribution is 0.0599. The lowest BCUT2D eigenvalue weighted by atomic mass is 10.2. The van der Waals surface area contributed by atoms with Gasteiger partial charge in [-0.05, 0) is 19.1 Å². The Morgan fingerprint density at radius 1 is 1.50 bits per heavy atom. The van der Waals surface area contributed by atoms with E-state index in [0.717, 1.165) is 17.4 Å². The third kappa shape index (κ3) is 3.33. The van der Waals surface area contributed by atoms with Gasteiger partial charge in [-0.1, -0.05) is 6.92 Å². The topological polar surface area (TPSA) is 64.1 Å². The number of aromatic nitrogens is 2. The number of carbonyl (C=O) groups excluding carboxylic acids is 1. The number of hydrogen-bond donors (Lipinski definition) is 1. The van der Waals surface area contributed by atoms with Crippen molar-refractivity contribution in [2.75, 3.05) is 19.0 Å². The smallest absolute Gasteiger partial charge is 0.339 e. The molecule has 2 aromatic rings. The Bertz CT molecular complexity index is 584. The molecule has 2 rings (SSSR count). The minimum Gasteiger partial charge on any atom is -0.465 e. The Hall–Kier alpha value is -1.95. The van der Waals surface area contributed by atoms with Gasteiger partial charge in [0.25, 0.3) is 0 Å². The highest BCUT2D eigenvalue weighted by Gasteiger charge is 2.12. The first-order valence-electron chi connectivity index (χ1n) is 6.31. The molecule has 1 atom stereocenters. The number of carbonyl (C=O) groups is 1. The van der Waals surface area contributed by atoms with Crippen molar-refractivity contribution in [1.29, 1.82) is 0 Å². The molecule has 0 saturated carbocycles. The fourth-order valence-electron chi connectivity index (χ4n) is 1.81. The number of hydrogen-bond acceptors (Lipinski definition) is 6. The van der Waals surface area contributed by atoms with E-state index in [-0.39, 0.29) is 5.97 Å². The van der Waals surface area contributed by atoms with Crippen molar-refractivity contribution in [2.45, 2.75) is 19.8 Å². The van der Waals surface area contributed by atoms with Crippen molar-refractivity contribution in [3.63, 3.8) is 0 Å². The third-order valence-electron chi connectivity index (χ3n) is 2.95. The lowest BCUT2D eigenvalue weighted by Crippen LogP contribution is -2.12. The Morgan fingerprint density at radius 2 is 2.30 bits per heavy atom. The van der Waals surface area contributed by atoms with Crippen molar-refractivity contribution >= 4 is 23.1 Å². The number of aryl methyl sites for hydroxylation is 1. The monoisotopic (exact) mass is 291 g/mol. The minimum absolute atomic E-state index is 0.317.